The first-order chi connectivity index (χ1) is 15.3. The van der Waals surface area contributed by atoms with Gasteiger partial charge in [-0.05, 0) is 23.6 Å². The molecule has 3 heterocycles. The number of aromatic nitrogens is 2. The van der Waals surface area contributed by atoms with E-state index in [1.54, 1.807) is 28.3 Å². The highest BCUT2D eigenvalue weighted by atomic mass is 32.2. The van der Waals surface area contributed by atoms with E-state index in [0.29, 0.717) is 31.5 Å². The van der Waals surface area contributed by atoms with E-state index in [-0.39, 0.29) is 25.5 Å². The Morgan fingerprint density at radius 1 is 1.12 bits per heavy atom. The van der Waals surface area contributed by atoms with Crippen molar-refractivity contribution in [2.75, 3.05) is 38.0 Å². The Morgan fingerprint density at radius 3 is 2.59 bits per heavy atom. The van der Waals surface area contributed by atoms with Gasteiger partial charge in [-0.2, -0.15) is 9.40 Å². The number of benzene rings is 1. The summed E-state index contributed by atoms with van der Waals surface area (Å²) in [6.45, 7) is 1.46. The van der Waals surface area contributed by atoms with Crippen molar-refractivity contribution in [2.24, 2.45) is 0 Å². The molecule has 1 aliphatic heterocycles. The SMILES string of the molecule is O=C(CN1CCN(S(=O)(=O)c2ccc(F)cc2F)CC1)Nc1ccnn1Cc1cccs1. The van der Waals surface area contributed by atoms with Crippen molar-refractivity contribution in [3.63, 3.8) is 0 Å². The summed E-state index contributed by atoms with van der Waals surface area (Å²) in [7, 11) is -4.08. The van der Waals surface area contributed by atoms with Crippen LogP contribution in [-0.2, 0) is 21.4 Å². The largest absolute Gasteiger partial charge is 0.310 e. The number of amides is 1. The Kier molecular flexibility index (Phi) is 6.65. The molecule has 2 aromatic heterocycles. The van der Waals surface area contributed by atoms with Crippen molar-refractivity contribution >= 4 is 33.1 Å². The number of nitrogens with one attached hydrogen (secondary N) is 1. The standard InChI is InChI=1S/C20H21F2N5O3S2/c21-15-3-4-18(17(22)12-15)32(29,30)26-9-7-25(8-10-26)14-20(28)24-19-5-6-23-27(19)13-16-2-1-11-31-16/h1-6,11-12H,7-10,13-14H2,(H,24,28). The van der Waals surface area contributed by atoms with Crippen molar-refractivity contribution in [2.45, 2.75) is 11.4 Å². The second-order valence-electron chi connectivity index (χ2n) is 7.26. The number of rotatable bonds is 7. The summed E-state index contributed by atoms with van der Waals surface area (Å²) in [6, 6.07) is 8.05. The second-order valence-corrected chi connectivity index (χ2v) is 10.2. The summed E-state index contributed by atoms with van der Waals surface area (Å²) in [5.74, 6) is -1.62. The van der Waals surface area contributed by atoms with Crippen LogP contribution in [-0.4, -0.2) is 66.0 Å². The third kappa shape index (κ3) is 5.04. The molecule has 1 N–H and O–H groups in total. The first-order valence-corrected chi connectivity index (χ1v) is 12.2. The fraction of sp³-hybridized carbons (Fsp3) is 0.300. The van der Waals surface area contributed by atoms with Crippen LogP contribution in [0.4, 0.5) is 14.6 Å². The van der Waals surface area contributed by atoms with Gasteiger partial charge in [0.05, 0.1) is 19.3 Å². The first-order valence-electron chi connectivity index (χ1n) is 9.84. The topological polar surface area (TPSA) is 87.5 Å². The average molecular weight is 482 g/mol. The lowest BCUT2D eigenvalue weighted by Crippen LogP contribution is -2.50. The smallest absolute Gasteiger partial charge is 0.246 e. The van der Waals surface area contributed by atoms with E-state index < -0.39 is 26.6 Å². The number of hydrogen-bond donors (Lipinski definition) is 1. The van der Waals surface area contributed by atoms with E-state index in [9.17, 15) is 22.0 Å². The van der Waals surface area contributed by atoms with E-state index >= 15 is 0 Å². The van der Waals surface area contributed by atoms with Crippen LogP contribution in [0.25, 0.3) is 0 Å². The predicted molar refractivity (Wildman–Crippen MR) is 116 cm³/mol. The van der Waals surface area contributed by atoms with Crippen molar-refractivity contribution in [1.82, 2.24) is 19.0 Å². The molecule has 1 saturated heterocycles. The molecule has 1 amide bonds. The van der Waals surface area contributed by atoms with Gasteiger partial charge in [-0.15, -0.1) is 11.3 Å². The molecule has 12 heteroatoms. The number of nitrogens with zero attached hydrogens (tertiary/aromatic N) is 4. The predicted octanol–water partition coefficient (Wildman–Crippen LogP) is 2.22. The molecule has 0 unspecified atom stereocenters. The van der Waals surface area contributed by atoms with Crippen molar-refractivity contribution < 1.29 is 22.0 Å². The van der Waals surface area contributed by atoms with Crippen molar-refractivity contribution in [3.8, 4) is 0 Å². The fourth-order valence-corrected chi connectivity index (χ4v) is 5.61. The molecular weight excluding hydrogens is 460 g/mol. The quantitative estimate of drug-likeness (QED) is 0.559. The Labute approximate surface area is 188 Å². The molecule has 1 aliphatic rings. The lowest BCUT2D eigenvalue weighted by Gasteiger charge is -2.33. The minimum absolute atomic E-state index is 0.0863. The summed E-state index contributed by atoms with van der Waals surface area (Å²) in [5, 5.41) is 9.05. The van der Waals surface area contributed by atoms with Gasteiger partial charge >= 0.3 is 0 Å². The zero-order chi connectivity index (χ0) is 22.7. The number of carbonyl (C=O) groups is 1. The van der Waals surface area contributed by atoms with E-state index in [2.05, 4.69) is 10.4 Å². The molecule has 0 bridgehead atoms. The van der Waals surface area contributed by atoms with Gasteiger partial charge in [0, 0.05) is 43.2 Å². The summed E-state index contributed by atoms with van der Waals surface area (Å²) in [5.41, 5.74) is 0. The molecule has 8 nitrogen and oxygen atoms in total. The molecule has 4 rings (SSSR count). The highest BCUT2D eigenvalue weighted by Gasteiger charge is 2.31. The summed E-state index contributed by atoms with van der Waals surface area (Å²) >= 11 is 1.60. The van der Waals surface area contributed by atoms with Gasteiger partial charge in [0.1, 0.15) is 22.3 Å². The maximum atomic E-state index is 14.0. The zero-order valence-electron chi connectivity index (χ0n) is 16.9. The van der Waals surface area contributed by atoms with Crippen LogP contribution in [0, 0.1) is 11.6 Å². The van der Waals surface area contributed by atoms with Crippen LogP contribution in [0.1, 0.15) is 4.88 Å². The van der Waals surface area contributed by atoms with Crippen LogP contribution in [0.5, 0.6) is 0 Å². The van der Waals surface area contributed by atoms with Gasteiger partial charge in [0.15, 0.2) is 0 Å². The molecular formula is C20H21F2N5O3S2. The summed E-state index contributed by atoms with van der Waals surface area (Å²) in [4.78, 5) is 14.9. The molecule has 1 aromatic carbocycles. The number of carbonyl (C=O) groups excluding carboxylic acids is 1. The van der Waals surface area contributed by atoms with Crippen LogP contribution in [0.2, 0.25) is 0 Å². The number of thiophene rings is 1. The van der Waals surface area contributed by atoms with E-state index in [1.807, 2.05) is 22.4 Å². The molecule has 170 valence electrons. The number of anilines is 1. The molecule has 32 heavy (non-hydrogen) atoms. The van der Waals surface area contributed by atoms with Crippen LogP contribution < -0.4 is 5.32 Å². The molecule has 3 aromatic rings. The third-order valence-electron chi connectivity index (χ3n) is 5.08. The highest BCUT2D eigenvalue weighted by Crippen LogP contribution is 2.21. The Balaban J connectivity index is 1.31. The number of sulfonamides is 1. The molecule has 0 saturated carbocycles. The molecule has 0 radical (unpaired) electrons. The lowest BCUT2D eigenvalue weighted by molar-refractivity contribution is -0.117. The van der Waals surface area contributed by atoms with Crippen LogP contribution >= 0.6 is 11.3 Å². The number of hydrogen-bond acceptors (Lipinski definition) is 6. The number of piperazine rings is 1. The Hall–Kier alpha value is -2.67. The van der Waals surface area contributed by atoms with Crippen molar-refractivity contribution in [1.29, 1.82) is 0 Å². The van der Waals surface area contributed by atoms with Gasteiger partial charge in [0.25, 0.3) is 0 Å². The Morgan fingerprint density at radius 2 is 1.91 bits per heavy atom. The minimum Gasteiger partial charge on any atom is -0.310 e. The Bertz CT molecular complexity index is 1190. The number of halogens is 2. The normalized spacial score (nSPS) is 15.7. The minimum atomic E-state index is -4.08. The molecule has 0 atom stereocenters. The monoisotopic (exact) mass is 481 g/mol. The third-order valence-corrected chi connectivity index (χ3v) is 7.87. The lowest BCUT2D eigenvalue weighted by atomic mass is 10.3. The first kappa shape index (κ1) is 22.5. The van der Waals surface area contributed by atoms with Crippen LogP contribution in [0.3, 0.4) is 0 Å². The van der Waals surface area contributed by atoms with E-state index in [1.165, 1.54) is 0 Å². The zero-order valence-corrected chi connectivity index (χ0v) is 18.6. The summed E-state index contributed by atoms with van der Waals surface area (Å²) in [6.07, 6.45) is 1.61. The van der Waals surface area contributed by atoms with Crippen LogP contribution in [0.15, 0.2) is 52.9 Å². The molecule has 1 fully saturated rings. The van der Waals surface area contributed by atoms with Gasteiger partial charge in [0.2, 0.25) is 15.9 Å². The van der Waals surface area contributed by atoms with Gasteiger partial charge in [-0.3, -0.25) is 9.69 Å². The summed E-state index contributed by atoms with van der Waals surface area (Å²) < 4.78 is 55.3. The van der Waals surface area contributed by atoms with Crippen molar-refractivity contribution in [3.05, 3.63) is 64.5 Å². The molecule has 0 spiro atoms. The van der Waals surface area contributed by atoms with Gasteiger partial charge in [-0.25, -0.2) is 21.9 Å². The molecule has 0 aliphatic carbocycles. The van der Waals surface area contributed by atoms with Gasteiger partial charge < -0.3 is 5.32 Å². The second kappa shape index (κ2) is 9.45. The van der Waals surface area contributed by atoms with E-state index in [4.69, 9.17) is 0 Å². The highest BCUT2D eigenvalue weighted by molar-refractivity contribution is 7.89. The fourth-order valence-electron chi connectivity index (χ4n) is 3.45. The van der Waals surface area contributed by atoms with Gasteiger partial charge in [-0.1, -0.05) is 6.07 Å². The average Bonchev–Trinajstić information content (AvgIpc) is 3.41. The maximum Gasteiger partial charge on any atom is 0.246 e. The maximum absolute atomic E-state index is 14.0. The van der Waals surface area contributed by atoms with E-state index in [0.717, 1.165) is 21.3 Å².